The molecule has 0 saturated carbocycles. The molecule has 2 fully saturated rings. The number of carbonyl (C=O) groups excluding carboxylic acids is 1. The Kier molecular flexibility index (Phi) is 5.24. The zero-order chi connectivity index (χ0) is 25.9. The molecule has 1 atom stereocenters. The minimum atomic E-state index is -9.93. The quantitative estimate of drug-likeness (QED) is 0.365. The van der Waals surface area contributed by atoms with Gasteiger partial charge < -0.3 is 15.4 Å². The topological polar surface area (TPSA) is 106 Å². The van der Waals surface area contributed by atoms with E-state index in [0.29, 0.717) is 36.9 Å². The summed E-state index contributed by atoms with van der Waals surface area (Å²) in [6, 6.07) is 2.44. The third-order valence-corrected chi connectivity index (χ3v) is 7.94. The van der Waals surface area contributed by atoms with Gasteiger partial charge in [-0.25, -0.2) is 9.78 Å². The lowest BCUT2D eigenvalue weighted by Crippen LogP contribution is -2.31. The second-order valence-electron chi connectivity index (χ2n) is 9.23. The number of aromatic amines is 1. The van der Waals surface area contributed by atoms with Gasteiger partial charge in [0.25, 0.3) is 5.91 Å². The summed E-state index contributed by atoms with van der Waals surface area (Å²) in [5.41, 5.74) is 6.19. The molecule has 4 heterocycles. The number of benzene rings is 1. The van der Waals surface area contributed by atoms with Gasteiger partial charge in [0.2, 0.25) is 0 Å². The fourth-order valence-electron chi connectivity index (χ4n) is 4.92. The highest BCUT2D eigenvalue weighted by molar-refractivity contribution is 8.45. The molecule has 2 aromatic heterocycles. The first-order valence-electron chi connectivity index (χ1n) is 11.3. The molecule has 14 heteroatoms. The first kappa shape index (κ1) is 24.6. The van der Waals surface area contributed by atoms with E-state index in [1.165, 1.54) is 4.90 Å². The lowest BCUT2D eigenvalue weighted by Gasteiger charge is -2.40. The zero-order valence-electron chi connectivity index (χ0n) is 18.9. The van der Waals surface area contributed by atoms with Gasteiger partial charge in [-0.2, -0.15) is 0 Å². The van der Waals surface area contributed by atoms with Crippen LogP contribution in [0.4, 0.5) is 25.1 Å². The fourth-order valence-corrected chi connectivity index (χ4v) is 5.59. The smallest absolute Gasteiger partial charge is 0.327 e. The summed E-state index contributed by atoms with van der Waals surface area (Å²) in [7, 11) is -9.93. The summed E-state index contributed by atoms with van der Waals surface area (Å²) in [6.07, 6.45) is 3.83. The number of pyridine rings is 1. The highest BCUT2D eigenvalue weighted by Gasteiger charge is 2.65. The van der Waals surface area contributed by atoms with E-state index in [2.05, 4.69) is 9.97 Å². The zero-order valence-corrected chi connectivity index (χ0v) is 19.7. The number of rotatable bonds is 4. The number of carbonyl (C=O) groups is 1. The van der Waals surface area contributed by atoms with Crippen LogP contribution in [0.25, 0.3) is 11.2 Å². The Hall–Kier alpha value is -3.13. The van der Waals surface area contributed by atoms with Crippen molar-refractivity contribution in [3.05, 3.63) is 52.1 Å². The molecule has 0 radical (unpaired) electrons. The number of nitrogens with one attached hydrogen (secondary N) is 1. The Morgan fingerprint density at radius 1 is 1.11 bits per heavy atom. The van der Waals surface area contributed by atoms with E-state index in [-0.39, 0.29) is 42.4 Å². The van der Waals surface area contributed by atoms with Crippen molar-refractivity contribution in [3.63, 3.8) is 0 Å². The SMILES string of the molecule is Nc1cc(S(F)(F)(F)(F)F)ccc1C(=O)N1CCC(n2c(=O)[nH]c3ncc(C4CCOCC4)cc32)C1. The number of fused-ring (bicyclic) bond motifs is 1. The fraction of sp³-hybridized carbons (Fsp3) is 0.409. The van der Waals surface area contributed by atoms with Crippen LogP contribution in [0.5, 0.6) is 0 Å². The molecule has 1 unspecified atom stereocenters. The number of hydrogen-bond donors (Lipinski definition) is 2. The number of H-pyrrole nitrogens is 1. The number of anilines is 1. The van der Waals surface area contributed by atoms with Gasteiger partial charge in [-0.1, -0.05) is 19.4 Å². The maximum absolute atomic E-state index is 13.1. The van der Waals surface area contributed by atoms with Crippen molar-refractivity contribution >= 4 is 33.0 Å². The molecule has 2 aliphatic rings. The Bertz CT molecular complexity index is 1420. The second-order valence-corrected chi connectivity index (χ2v) is 11.6. The normalized spacial score (nSPS) is 21.5. The van der Waals surface area contributed by atoms with Gasteiger partial charge in [0, 0.05) is 38.2 Å². The van der Waals surface area contributed by atoms with E-state index in [1.807, 2.05) is 6.07 Å². The highest BCUT2D eigenvalue weighted by Crippen LogP contribution is 3.02. The number of hydrogen-bond acceptors (Lipinski definition) is 5. The maximum Gasteiger partial charge on any atom is 0.327 e. The molecule has 0 aliphatic carbocycles. The van der Waals surface area contributed by atoms with E-state index in [1.54, 1.807) is 10.8 Å². The molecule has 36 heavy (non-hydrogen) atoms. The average molecular weight is 534 g/mol. The lowest BCUT2D eigenvalue weighted by molar-refractivity contribution is 0.0788. The number of nitrogens with zero attached hydrogens (tertiary/aromatic N) is 3. The number of ether oxygens (including phenoxy) is 1. The van der Waals surface area contributed by atoms with Crippen molar-refractivity contribution in [1.82, 2.24) is 19.4 Å². The molecule has 8 nitrogen and oxygen atoms in total. The number of imidazole rings is 1. The number of halogens is 5. The van der Waals surface area contributed by atoms with Crippen LogP contribution in [0.15, 0.2) is 40.2 Å². The number of amides is 1. The van der Waals surface area contributed by atoms with Gasteiger partial charge in [-0.15, -0.1) is 0 Å². The first-order chi connectivity index (χ1) is 16.7. The van der Waals surface area contributed by atoms with Gasteiger partial charge >= 0.3 is 15.9 Å². The number of nitrogen functional groups attached to an aromatic ring is 1. The molecule has 196 valence electrons. The van der Waals surface area contributed by atoms with Crippen LogP contribution in [-0.4, -0.2) is 51.6 Å². The summed E-state index contributed by atoms with van der Waals surface area (Å²) < 4.78 is 72.4. The summed E-state index contributed by atoms with van der Waals surface area (Å²) >= 11 is 0. The van der Waals surface area contributed by atoms with Crippen molar-refractivity contribution in [1.29, 1.82) is 0 Å². The first-order valence-corrected chi connectivity index (χ1v) is 13.3. The van der Waals surface area contributed by atoms with Crippen LogP contribution in [0, 0.1) is 0 Å². The molecule has 2 saturated heterocycles. The van der Waals surface area contributed by atoms with Crippen molar-refractivity contribution < 1.29 is 29.0 Å². The van der Waals surface area contributed by atoms with Gasteiger partial charge in [0.1, 0.15) is 4.90 Å². The van der Waals surface area contributed by atoms with Crippen molar-refractivity contribution in [2.24, 2.45) is 0 Å². The van der Waals surface area contributed by atoms with E-state index in [4.69, 9.17) is 10.5 Å². The summed E-state index contributed by atoms with van der Waals surface area (Å²) in [4.78, 5) is 32.0. The average Bonchev–Trinajstić information content (AvgIpc) is 3.40. The largest absolute Gasteiger partial charge is 0.398 e. The third-order valence-electron chi connectivity index (χ3n) is 6.80. The molecule has 0 bridgehead atoms. The van der Waals surface area contributed by atoms with Crippen molar-refractivity contribution in [3.8, 4) is 0 Å². The molecule has 1 aromatic carbocycles. The molecular weight excluding hydrogens is 509 g/mol. The lowest BCUT2D eigenvalue weighted by atomic mass is 9.93. The standard InChI is InChI=1S/C22H24F5N5O3S/c23-36(24,25,26,27)16-1-2-17(18(28)10-16)21(33)31-6-3-15(12-31)32-19-9-14(13-4-7-35-8-5-13)11-29-20(19)30-22(32)34/h1-2,9-11,13,15H,3-8,12,28H2,(H,29,30,34). The third kappa shape index (κ3) is 4.54. The number of nitrogens with two attached hydrogens (primary N) is 1. The van der Waals surface area contributed by atoms with Gasteiger partial charge in [0.05, 0.1) is 17.1 Å². The Morgan fingerprint density at radius 3 is 2.50 bits per heavy atom. The van der Waals surface area contributed by atoms with Crippen molar-refractivity contribution in [2.45, 2.75) is 36.1 Å². The monoisotopic (exact) mass is 533 g/mol. The minimum absolute atomic E-state index is 0.0932. The van der Waals surface area contributed by atoms with Crippen LogP contribution < -0.4 is 11.4 Å². The van der Waals surface area contributed by atoms with Crippen LogP contribution in [-0.2, 0) is 4.74 Å². The van der Waals surface area contributed by atoms with Crippen LogP contribution in [0.2, 0.25) is 0 Å². The summed E-state index contributed by atoms with van der Waals surface area (Å²) in [5, 5.41) is 0. The summed E-state index contributed by atoms with van der Waals surface area (Å²) in [6.45, 7) is 1.59. The van der Waals surface area contributed by atoms with E-state index < -0.39 is 32.8 Å². The van der Waals surface area contributed by atoms with Crippen molar-refractivity contribution in [2.75, 3.05) is 32.0 Å². The Labute approximate surface area is 202 Å². The molecule has 2 aliphatic heterocycles. The molecule has 0 spiro atoms. The summed E-state index contributed by atoms with van der Waals surface area (Å²) in [5.74, 6) is -0.439. The predicted molar refractivity (Wildman–Crippen MR) is 125 cm³/mol. The predicted octanol–water partition coefficient (Wildman–Crippen LogP) is 4.95. The van der Waals surface area contributed by atoms with Gasteiger partial charge in [-0.05, 0) is 55.0 Å². The highest BCUT2D eigenvalue weighted by atomic mass is 32.5. The molecule has 5 rings (SSSR count). The van der Waals surface area contributed by atoms with Crippen LogP contribution >= 0.6 is 10.2 Å². The molecule has 3 aromatic rings. The Balaban J connectivity index is 1.40. The van der Waals surface area contributed by atoms with Gasteiger partial charge in [0.15, 0.2) is 5.65 Å². The van der Waals surface area contributed by atoms with E-state index in [9.17, 15) is 29.0 Å². The maximum atomic E-state index is 13.1. The molecular formula is C22H24F5N5O3S. The Morgan fingerprint density at radius 2 is 1.83 bits per heavy atom. The molecule has 1 amide bonds. The van der Waals surface area contributed by atoms with E-state index >= 15 is 0 Å². The number of aromatic nitrogens is 3. The number of likely N-dealkylation sites (tertiary alicyclic amines) is 1. The minimum Gasteiger partial charge on any atom is -0.398 e. The van der Waals surface area contributed by atoms with Crippen LogP contribution in [0.3, 0.4) is 0 Å². The van der Waals surface area contributed by atoms with Crippen LogP contribution in [0.1, 0.15) is 47.1 Å². The van der Waals surface area contributed by atoms with E-state index in [0.717, 1.165) is 18.4 Å². The second kappa shape index (κ2) is 7.68. The molecule has 3 N–H and O–H groups in total. The van der Waals surface area contributed by atoms with Gasteiger partial charge in [-0.3, -0.25) is 14.3 Å².